The normalized spacial score (nSPS) is 12.9. The number of nitrogens with zero attached hydrogens (tertiary/aromatic N) is 2. The van der Waals surface area contributed by atoms with E-state index in [4.69, 9.17) is 0 Å². The fourth-order valence-electron chi connectivity index (χ4n) is 14.9. The van der Waals surface area contributed by atoms with E-state index >= 15 is 0 Å². The summed E-state index contributed by atoms with van der Waals surface area (Å²) in [6.45, 7) is 14.0. The van der Waals surface area contributed by atoms with Crippen molar-refractivity contribution in [2.45, 2.75) is 57.8 Å². The second-order valence-corrected chi connectivity index (χ2v) is 26.4. The highest BCUT2D eigenvalue weighted by molar-refractivity contribution is 6.16. The zero-order chi connectivity index (χ0) is 60.2. The number of aromatic nitrogens is 1. The summed E-state index contributed by atoms with van der Waals surface area (Å²) in [6.07, 6.45) is 0. The summed E-state index contributed by atoms with van der Waals surface area (Å²) in [5.41, 5.74) is 31.5. The maximum absolute atomic E-state index is 2.55. The Balaban J connectivity index is 0.859. The molecule has 0 saturated carbocycles. The van der Waals surface area contributed by atoms with Crippen molar-refractivity contribution in [2.75, 3.05) is 4.90 Å². The van der Waals surface area contributed by atoms with Gasteiger partial charge >= 0.3 is 0 Å². The van der Waals surface area contributed by atoms with Gasteiger partial charge in [0.25, 0.3) is 0 Å². The fourth-order valence-corrected chi connectivity index (χ4v) is 14.9. The van der Waals surface area contributed by atoms with Crippen LogP contribution >= 0.6 is 0 Å². The largest absolute Gasteiger partial charge is 0.310 e. The van der Waals surface area contributed by atoms with Crippen LogP contribution in [0.3, 0.4) is 0 Å². The molecule has 1 spiro atoms. The summed E-state index contributed by atoms with van der Waals surface area (Å²) < 4.78 is 2.40. The first-order chi connectivity index (χ1) is 43.4. The lowest BCUT2D eigenvalue weighted by Crippen LogP contribution is -2.27. The molecule has 426 valence electrons. The van der Waals surface area contributed by atoms with E-state index in [1.54, 1.807) is 0 Å². The highest BCUT2D eigenvalue weighted by atomic mass is 15.1. The van der Waals surface area contributed by atoms with Crippen LogP contribution < -0.4 is 4.90 Å². The third-order valence-corrected chi connectivity index (χ3v) is 19.2. The van der Waals surface area contributed by atoms with E-state index in [-0.39, 0.29) is 10.8 Å². The monoisotopic (exact) mass is 1140 g/mol. The average molecular weight is 1140 g/mol. The van der Waals surface area contributed by atoms with Gasteiger partial charge in [0, 0.05) is 33.4 Å². The lowest BCUT2D eigenvalue weighted by molar-refractivity contribution is 0.586. The highest BCUT2D eigenvalue weighted by Crippen LogP contribution is 2.64. The Kier molecular flexibility index (Phi) is 12.6. The second kappa shape index (κ2) is 20.8. The first kappa shape index (κ1) is 53.9. The van der Waals surface area contributed by atoms with E-state index < -0.39 is 5.41 Å². The highest BCUT2D eigenvalue weighted by Gasteiger charge is 2.52. The third kappa shape index (κ3) is 8.68. The topological polar surface area (TPSA) is 8.17 Å². The molecule has 2 heteroatoms. The Hall–Kier alpha value is -10.5. The molecule has 0 N–H and O–H groups in total. The van der Waals surface area contributed by atoms with Crippen molar-refractivity contribution in [2.24, 2.45) is 0 Å². The Labute approximate surface area is 523 Å². The molecule has 0 amide bonds. The van der Waals surface area contributed by atoms with Crippen molar-refractivity contribution in [3.8, 4) is 83.6 Å². The molecule has 1 aromatic heterocycles. The van der Waals surface area contributed by atoms with Crippen molar-refractivity contribution < 1.29 is 0 Å². The number of hydrogen-bond acceptors (Lipinski definition) is 1. The van der Waals surface area contributed by atoms with Crippen molar-refractivity contribution in [1.29, 1.82) is 0 Å². The molecule has 89 heavy (non-hydrogen) atoms. The summed E-state index contributed by atoms with van der Waals surface area (Å²) in [6, 6.07) is 114. The first-order valence-corrected chi connectivity index (χ1v) is 31.4. The van der Waals surface area contributed by atoms with Gasteiger partial charge in [-0.2, -0.15) is 0 Å². The van der Waals surface area contributed by atoms with Crippen LogP contribution in [-0.2, 0) is 16.2 Å². The summed E-state index contributed by atoms with van der Waals surface area (Å²) in [4.78, 5) is 2.46. The molecule has 13 aromatic carbocycles. The minimum Gasteiger partial charge on any atom is -0.310 e. The van der Waals surface area contributed by atoms with Gasteiger partial charge < -0.3 is 9.47 Å². The molecule has 0 fully saturated rings. The first-order valence-electron chi connectivity index (χ1n) is 31.4. The van der Waals surface area contributed by atoms with Crippen LogP contribution in [0.1, 0.15) is 74.9 Å². The Morgan fingerprint density at radius 2 is 0.708 bits per heavy atom. The maximum atomic E-state index is 2.55. The van der Waals surface area contributed by atoms with E-state index in [1.165, 1.54) is 122 Å². The van der Waals surface area contributed by atoms with Crippen molar-refractivity contribution in [1.82, 2.24) is 4.57 Å². The second-order valence-electron chi connectivity index (χ2n) is 26.4. The van der Waals surface area contributed by atoms with Gasteiger partial charge in [0.05, 0.1) is 22.1 Å². The van der Waals surface area contributed by atoms with Crippen LogP contribution in [0.2, 0.25) is 0 Å². The van der Waals surface area contributed by atoms with E-state index in [9.17, 15) is 0 Å². The number of anilines is 3. The number of hydrogen-bond donors (Lipinski definition) is 0. The van der Waals surface area contributed by atoms with Crippen LogP contribution in [0.15, 0.2) is 303 Å². The number of rotatable bonds is 9. The zero-order valence-corrected chi connectivity index (χ0v) is 51.3. The van der Waals surface area contributed by atoms with Gasteiger partial charge in [-0.15, -0.1) is 0 Å². The van der Waals surface area contributed by atoms with E-state index in [2.05, 4.69) is 354 Å². The smallest absolute Gasteiger partial charge is 0.0725 e. The molecule has 2 nitrogen and oxygen atoms in total. The van der Waals surface area contributed by atoms with Gasteiger partial charge in [0.1, 0.15) is 0 Å². The van der Waals surface area contributed by atoms with Crippen LogP contribution in [0, 0.1) is 0 Å². The van der Waals surface area contributed by atoms with E-state index in [1.807, 2.05) is 0 Å². The van der Waals surface area contributed by atoms with Crippen LogP contribution in [0.25, 0.3) is 105 Å². The molecule has 16 rings (SSSR count). The van der Waals surface area contributed by atoms with Crippen molar-refractivity contribution in [3.05, 3.63) is 337 Å². The van der Waals surface area contributed by atoms with Gasteiger partial charge in [-0.1, -0.05) is 284 Å². The lowest BCUT2D eigenvalue weighted by atomic mass is 9.68. The SMILES string of the molecule is CC(C)(C)c1ccc2c(c1)C1(c3ccccc3-c3ccc(-c4ccc(N(c5ccc(-c6cccc7c6c6ccccc6n7-c6ccccc6)cc5)c5ccccc5-c5ccccc5-c5ccccc5-c5ccccc5)cc4)cc31)c1cc(C(C)(C)C)ccc1-2. The lowest BCUT2D eigenvalue weighted by Gasteiger charge is -2.33. The van der Waals surface area contributed by atoms with Crippen LogP contribution in [0.4, 0.5) is 17.1 Å². The number of fused-ring (bicyclic) bond motifs is 13. The van der Waals surface area contributed by atoms with Crippen molar-refractivity contribution in [3.63, 3.8) is 0 Å². The molecule has 1 heterocycles. The van der Waals surface area contributed by atoms with Gasteiger partial charge in [-0.05, 0) is 177 Å². The van der Waals surface area contributed by atoms with Crippen molar-refractivity contribution >= 4 is 38.9 Å². The Bertz CT molecular complexity index is 5000. The molecule has 14 aromatic rings. The van der Waals surface area contributed by atoms with Crippen LogP contribution in [0.5, 0.6) is 0 Å². The summed E-state index contributed by atoms with van der Waals surface area (Å²) in [5.74, 6) is 0. The third-order valence-electron chi connectivity index (χ3n) is 19.2. The predicted molar refractivity (Wildman–Crippen MR) is 376 cm³/mol. The maximum Gasteiger partial charge on any atom is 0.0725 e. The Morgan fingerprint density at radius 3 is 1.34 bits per heavy atom. The summed E-state index contributed by atoms with van der Waals surface area (Å²) in [7, 11) is 0. The van der Waals surface area contributed by atoms with Gasteiger partial charge in [0.2, 0.25) is 0 Å². The average Bonchev–Trinajstić information content (AvgIpc) is 1.51. The minimum atomic E-state index is -0.496. The molecule has 0 saturated heterocycles. The molecule has 2 aliphatic carbocycles. The van der Waals surface area contributed by atoms with Gasteiger partial charge in [-0.25, -0.2) is 0 Å². The molecule has 0 radical (unpaired) electrons. The zero-order valence-electron chi connectivity index (χ0n) is 51.3. The van der Waals surface area contributed by atoms with E-state index in [0.29, 0.717) is 0 Å². The number of para-hydroxylation sites is 3. The molecular weight excluding hydrogens is 1070 g/mol. The molecule has 2 aliphatic rings. The summed E-state index contributed by atoms with van der Waals surface area (Å²) >= 11 is 0. The van der Waals surface area contributed by atoms with Gasteiger partial charge in [0.15, 0.2) is 0 Å². The quantitative estimate of drug-likeness (QED) is 0.140. The predicted octanol–water partition coefficient (Wildman–Crippen LogP) is 23.5. The Morgan fingerprint density at radius 1 is 0.281 bits per heavy atom. The van der Waals surface area contributed by atoms with E-state index in [0.717, 1.165) is 33.9 Å². The minimum absolute atomic E-state index is 0.0279. The molecule has 0 aliphatic heterocycles. The molecule has 0 bridgehead atoms. The molecule has 0 atom stereocenters. The molecular formula is C87H68N2. The number of benzene rings is 13. The fraction of sp³-hybridized carbons (Fsp3) is 0.103. The summed E-state index contributed by atoms with van der Waals surface area (Å²) in [5, 5.41) is 2.48. The van der Waals surface area contributed by atoms with Crippen LogP contribution in [-0.4, -0.2) is 4.57 Å². The molecule has 0 unspecified atom stereocenters. The van der Waals surface area contributed by atoms with Gasteiger partial charge in [-0.3, -0.25) is 0 Å². The standard InChI is InChI=1S/C87H68N2/c1-85(2,3)61-45-52-73-74-53-46-62(86(4,5)6)56-80(74)87(79(73)55-61)77-36-20-17-32-71(77)72-51-44-60(54-78(72)87)57-40-47-64(48-41-57)88(81-37-21-18-33-75(81)70-31-16-15-30-69(70)68-29-14-13-28-66(68)58-24-9-7-10-25-58)65-49-42-59(43-50-65)67-35-23-39-83-84(67)76-34-19-22-38-82(76)89(83)63-26-11-8-12-27-63/h7-56H,1-6H3.